The number of hydrogen-bond acceptors (Lipinski definition) is 6. The summed E-state index contributed by atoms with van der Waals surface area (Å²) >= 11 is 0. The number of alkyl halides is 6. The lowest BCUT2D eigenvalue weighted by atomic mass is 10.2. The molecule has 2 rings (SSSR count). The molecule has 0 aliphatic rings. The summed E-state index contributed by atoms with van der Waals surface area (Å²) < 4.78 is 70.1. The Morgan fingerprint density at radius 3 is 2.29 bits per heavy atom. The fraction of sp³-hybridized carbons (Fsp3) is 0.316. The van der Waals surface area contributed by atoms with Gasteiger partial charge in [-0.3, -0.25) is 5.01 Å². The second-order valence-corrected chi connectivity index (χ2v) is 6.80. The van der Waals surface area contributed by atoms with Crippen LogP contribution in [0.4, 0.5) is 42.6 Å². The lowest BCUT2D eigenvalue weighted by Gasteiger charge is -2.26. The number of carbonyl (C=O) groups excluding carboxylic acids is 1. The number of urea groups is 1. The summed E-state index contributed by atoms with van der Waals surface area (Å²) in [4.78, 5) is 28.9. The Kier molecular flexibility index (Phi) is 9.60. The van der Waals surface area contributed by atoms with Crippen LogP contribution in [0.25, 0.3) is 0 Å². The molecule has 0 bridgehead atoms. The van der Waals surface area contributed by atoms with Crippen molar-refractivity contribution in [3.05, 3.63) is 47.9 Å². The van der Waals surface area contributed by atoms with Crippen LogP contribution in [0.3, 0.4) is 0 Å². The van der Waals surface area contributed by atoms with Gasteiger partial charge in [0.05, 0.1) is 5.56 Å². The van der Waals surface area contributed by atoms with Crippen LogP contribution in [0, 0.1) is 17.2 Å². The van der Waals surface area contributed by atoms with Crippen molar-refractivity contribution in [1.82, 2.24) is 15.4 Å². The molecule has 0 fully saturated rings. The van der Waals surface area contributed by atoms with Crippen molar-refractivity contribution >= 4 is 23.5 Å². The standard InChI is InChI=1S/C17H17F3N6O.C2HF3O2/c1-11(2)10-26(15-6-7-22-14(9-21)24-15)25-16(27)23-13-5-3-4-12(8-13)17(18,19)20;3-2(4,5)1(6)7/h3-8,11H,10H2,1-2H3,(H2,23,25,27);(H,6,7). The Hall–Kier alpha value is -4.09. The number of rotatable bonds is 5. The van der Waals surface area contributed by atoms with E-state index in [1.165, 1.54) is 29.4 Å². The number of hydrogen-bond donors (Lipinski definition) is 3. The second-order valence-electron chi connectivity index (χ2n) is 6.80. The molecule has 0 unspecified atom stereocenters. The van der Waals surface area contributed by atoms with Crippen LogP contribution in [0.1, 0.15) is 25.2 Å². The van der Waals surface area contributed by atoms with Crippen molar-refractivity contribution in [2.24, 2.45) is 5.92 Å². The minimum Gasteiger partial charge on any atom is -0.475 e. The monoisotopic (exact) mass is 492 g/mol. The maximum absolute atomic E-state index is 12.8. The molecule has 0 saturated heterocycles. The van der Waals surface area contributed by atoms with Crippen LogP contribution >= 0.6 is 0 Å². The van der Waals surface area contributed by atoms with Crippen molar-refractivity contribution in [3.63, 3.8) is 0 Å². The summed E-state index contributed by atoms with van der Waals surface area (Å²) in [5.41, 5.74) is 1.65. The molecule has 2 aromatic rings. The number of halogens is 6. The maximum Gasteiger partial charge on any atom is 0.490 e. The fourth-order valence-corrected chi connectivity index (χ4v) is 2.17. The van der Waals surface area contributed by atoms with Crippen molar-refractivity contribution in [2.45, 2.75) is 26.2 Å². The summed E-state index contributed by atoms with van der Waals surface area (Å²) in [6.07, 6.45) is -8.22. The minimum atomic E-state index is -5.08. The first-order valence-electron chi connectivity index (χ1n) is 9.19. The molecular formula is C19H18F6N6O3. The molecule has 34 heavy (non-hydrogen) atoms. The van der Waals surface area contributed by atoms with Gasteiger partial charge in [-0.25, -0.2) is 20.0 Å². The number of aliphatic carboxylic acids is 1. The van der Waals surface area contributed by atoms with E-state index in [9.17, 15) is 31.1 Å². The molecule has 1 aromatic heterocycles. The number of nitriles is 1. The summed E-state index contributed by atoms with van der Waals surface area (Å²) in [5, 5.41) is 19.8. The molecule has 0 radical (unpaired) electrons. The highest BCUT2D eigenvalue weighted by molar-refractivity contribution is 5.90. The van der Waals surface area contributed by atoms with E-state index in [0.29, 0.717) is 6.54 Å². The molecule has 3 N–H and O–H groups in total. The molecule has 0 aliphatic heterocycles. The average Bonchev–Trinajstić information content (AvgIpc) is 2.72. The Morgan fingerprint density at radius 1 is 1.18 bits per heavy atom. The summed E-state index contributed by atoms with van der Waals surface area (Å²) in [6.45, 7) is 4.18. The third kappa shape index (κ3) is 9.59. The number of benzene rings is 1. The van der Waals surface area contributed by atoms with Crippen LogP contribution in [-0.2, 0) is 11.0 Å². The lowest BCUT2D eigenvalue weighted by molar-refractivity contribution is -0.192. The summed E-state index contributed by atoms with van der Waals surface area (Å²) in [5.74, 6) is -2.41. The van der Waals surface area contributed by atoms with Gasteiger partial charge < -0.3 is 10.4 Å². The summed E-state index contributed by atoms with van der Waals surface area (Å²) in [6, 6.07) is 6.87. The molecule has 1 aromatic carbocycles. The predicted molar refractivity (Wildman–Crippen MR) is 106 cm³/mol. The highest BCUT2D eigenvalue weighted by Gasteiger charge is 2.38. The number of anilines is 2. The van der Waals surface area contributed by atoms with E-state index >= 15 is 0 Å². The molecule has 2 amide bonds. The van der Waals surface area contributed by atoms with Crippen LogP contribution in [-0.4, -0.2) is 39.8 Å². The number of nitrogens with zero attached hydrogens (tertiary/aromatic N) is 4. The Labute approximate surface area is 189 Å². The van der Waals surface area contributed by atoms with Crippen LogP contribution in [0.15, 0.2) is 36.5 Å². The van der Waals surface area contributed by atoms with Crippen molar-refractivity contribution in [2.75, 3.05) is 16.9 Å². The molecule has 0 spiro atoms. The number of carbonyl (C=O) groups is 2. The Morgan fingerprint density at radius 2 is 1.79 bits per heavy atom. The van der Waals surface area contributed by atoms with E-state index in [4.69, 9.17) is 15.2 Å². The molecule has 1 heterocycles. The zero-order chi connectivity index (χ0) is 26.1. The zero-order valence-corrected chi connectivity index (χ0v) is 17.6. The number of nitrogens with one attached hydrogen (secondary N) is 2. The highest BCUT2D eigenvalue weighted by Crippen LogP contribution is 2.30. The number of carboxylic acid groups (broad SMARTS) is 1. The molecule has 0 atom stereocenters. The number of carboxylic acids is 1. The molecular weight excluding hydrogens is 474 g/mol. The van der Waals surface area contributed by atoms with Crippen molar-refractivity contribution < 1.29 is 41.0 Å². The first-order valence-corrected chi connectivity index (χ1v) is 9.19. The van der Waals surface area contributed by atoms with E-state index in [-0.39, 0.29) is 23.2 Å². The third-order valence-corrected chi connectivity index (χ3v) is 3.49. The van der Waals surface area contributed by atoms with Gasteiger partial charge in [-0.2, -0.15) is 36.6 Å². The van der Waals surface area contributed by atoms with Gasteiger partial charge in [-0.15, -0.1) is 0 Å². The molecule has 184 valence electrons. The van der Waals surface area contributed by atoms with Gasteiger partial charge in [0.25, 0.3) is 0 Å². The van der Waals surface area contributed by atoms with Gasteiger partial charge in [0.1, 0.15) is 6.07 Å². The molecule has 0 aliphatic carbocycles. The minimum absolute atomic E-state index is 0.00720. The van der Waals surface area contributed by atoms with E-state index in [0.717, 1.165) is 12.1 Å². The van der Waals surface area contributed by atoms with Crippen molar-refractivity contribution in [3.8, 4) is 6.07 Å². The van der Waals surface area contributed by atoms with E-state index in [1.54, 1.807) is 6.07 Å². The first kappa shape index (κ1) is 27.9. The van der Waals surface area contributed by atoms with Crippen molar-refractivity contribution in [1.29, 1.82) is 5.26 Å². The van der Waals surface area contributed by atoms with E-state index in [2.05, 4.69) is 20.7 Å². The smallest absolute Gasteiger partial charge is 0.475 e. The zero-order valence-electron chi connectivity index (χ0n) is 17.6. The van der Waals surface area contributed by atoms with Gasteiger partial charge in [0, 0.05) is 24.5 Å². The van der Waals surface area contributed by atoms with Crippen LogP contribution in [0.2, 0.25) is 0 Å². The normalized spacial score (nSPS) is 11.1. The fourth-order valence-electron chi connectivity index (χ4n) is 2.17. The van der Waals surface area contributed by atoms with E-state index < -0.39 is 29.9 Å². The quantitative estimate of drug-likeness (QED) is 0.421. The summed E-state index contributed by atoms with van der Waals surface area (Å²) in [7, 11) is 0. The third-order valence-electron chi connectivity index (χ3n) is 3.49. The SMILES string of the molecule is CC(C)CN(NC(=O)Nc1cccc(C(F)(F)F)c1)c1ccnc(C#N)n1.O=C(O)C(F)(F)F. The van der Waals surface area contributed by atoms with Gasteiger partial charge in [0.15, 0.2) is 5.82 Å². The Bertz CT molecular complexity index is 1040. The maximum atomic E-state index is 12.8. The van der Waals surface area contributed by atoms with E-state index in [1.807, 2.05) is 13.8 Å². The topological polar surface area (TPSA) is 131 Å². The van der Waals surface area contributed by atoms with Crippen LogP contribution < -0.4 is 15.8 Å². The number of hydrazine groups is 1. The van der Waals surface area contributed by atoms with Crippen LogP contribution in [0.5, 0.6) is 0 Å². The molecule has 0 saturated carbocycles. The van der Waals surface area contributed by atoms with Gasteiger partial charge in [0.2, 0.25) is 5.82 Å². The Balaban J connectivity index is 0.000000718. The predicted octanol–water partition coefficient (Wildman–Crippen LogP) is 4.20. The molecule has 15 heteroatoms. The lowest BCUT2D eigenvalue weighted by Crippen LogP contribution is -2.47. The van der Waals surface area contributed by atoms with Gasteiger partial charge in [-0.1, -0.05) is 19.9 Å². The second kappa shape index (κ2) is 11.7. The number of amides is 2. The first-order chi connectivity index (χ1) is 15.6. The highest BCUT2D eigenvalue weighted by atomic mass is 19.4. The largest absolute Gasteiger partial charge is 0.490 e. The average molecular weight is 492 g/mol. The van der Waals surface area contributed by atoms with Gasteiger partial charge >= 0.3 is 24.4 Å². The number of aromatic nitrogens is 2. The molecule has 9 nitrogen and oxygen atoms in total. The van der Waals surface area contributed by atoms with Gasteiger partial charge in [-0.05, 0) is 24.1 Å².